The monoisotopic (exact) mass is 463 g/mol. The normalized spacial score (nSPS) is 16.2. The number of amides is 1. The van der Waals surface area contributed by atoms with Gasteiger partial charge in [0.1, 0.15) is 5.75 Å². The molecule has 33 heavy (non-hydrogen) atoms. The summed E-state index contributed by atoms with van der Waals surface area (Å²) in [5, 5.41) is 3.90. The van der Waals surface area contributed by atoms with Crippen LogP contribution in [0, 0.1) is 0 Å². The Hall–Kier alpha value is -3.76. The number of alkyl halides is 3. The van der Waals surface area contributed by atoms with Gasteiger partial charge in [-0.15, -0.1) is 13.2 Å². The van der Waals surface area contributed by atoms with E-state index in [0.717, 1.165) is 5.56 Å². The quantitative estimate of drug-likeness (QED) is 0.520. The molecule has 1 unspecified atom stereocenters. The summed E-state index contributed by atoms with van der Waals surface area (Å²) in [4.78, 5) is 18.6. The van der Waals surface area contributed by atoms with Crippen LogP contribution in [0.1, 0.15) is 23.8 Å². The van der Waals surface area contributed by atoms with Crippen molar-refractivity contribution >= 4 is 5.91 Å². The Labute approximate surface area is 186 Å². The fourth-order valence-corrected chi connectivity index (χ4v) is 3.61. The van der Waals surface area contributed by atoms with Crippen molar-refractivity contribution in [1.29, 1.82) is 0 Å². The maximum Gasteiger partial charge on any atom is 0.573 e. The molecule has 0 aliphatic carbocycles. The zero-order valence-electron chi connectivity index (χ0n) is 17.8. The van der Waals surface area contributed by atoms with Gasteiger partial charge in [-0.25, -0.2) is 0 Å². The molecule has 2 heterocycles. The second kappa shape index (κ2) is 9.00. The van der Waals surface area contributed by atoms with Gasteiger partial charge in [0, 0.05) is 25.1 Å². The van der Waals surface area contributed by atoms with E-state index < -0.39 is 6.36 Å². The molecule has 1 fully saturated rings. The Bertz CT molecular complexity index is 1130. The number of rotatable bonds is 7. The van der Waals surface area contributed by atoms with Crippen molar-refractivity contribution in [3.63, 3.8) is 0 Å². The van der Waals surface area contributed by atoms with E-state index in [9.17, 15) is 18.0 Å². The number of benzene rings is 2. The van der Waals surface area contributed by atoms with E-state index in [1.54, 1.807) is 25.2 Å². The van der Waals surface area contributed by atoms with Gasteiger partial charge in [-0.1, -0.05) is 11.2 Å². The van der Waals surface area contributed by atoms with Crippen molar-refractivity contribution in [3.8, 4) is 28.6 Å². The molecular formula is C22H20F3N3O5. The van der Waals surface area contributed by atoms with Crippen LogP contribution in [0.5, 0.6) is 17.2 Å². The van der Waals surface area contributed by atoms with Crippen molar-refractivity contribution < 1.29 is 36.7 Å². The van der Waals surface area contributed by atoms with Gasteiger partial charge in [-0.2, -0.15) is 4.98 Å². The highest BCUT2D eigenvalue weighted by molar-refractivity contribution is 5.79. The van der Waals surface area contributed by atoms with Crippen LogP contribution in [0.15, 0.2) is 47.0 Å². The molecule has 0 radical (unpaired) electrons. The van der Waals surface area contributed by atoms with Crippen molar-refractivity contribution in [3.05, 3.63) is 53.9 Å². The van der Waals surface area contributed by atoms with Gasteiger partial charge in [-0.05, 0) is 42.0 Å². The summed E-state index contributed by atoms with van der Waals surface area (Å²) in [5.74, 6) is 1.00. The second-order valence-corrected chi connectivity index (χ2v) is 7.39. The predicted octanol–water partition coefficient (Wildman–Crippen LogP) is 4.17. The molecule has 0 saturated carbocycles. The average molecular weight is 463 g/mol. The van der Waals surface area contributed by atoms with Gasteiger partial charge in [0.05, 0.1) is 20.1 Å². The molecular weight excluding hydrogens is 443 g/mol. The largest absolute Gasteiger partial charge is 0.573 e. The smallest absolute Gasteiger partial charge is 0.493 e. The maximum atomic E-state index is 12.5. The van der Waals surface area contributed by atoms with E-state index in [2.05, 4.69) is 14.9 Å². The molecule has 3 aromatic rings. The second-order valence-electron chi connectivity index (χ2n) is 7.39. The number of likely N-dealkylation sites (tertiary alicyclic amines) is 1. The summed E-state index contributed by atoms with van der Waals surface area (Å²) in [7, 11) is 3.10. The highest BCUT2D eigenvalue weighted by Gasteiger charge is 2.34. The molecule has 1 atom stereocenters. The Kier molecular flexibility index (Phi) is 6.12. The molecule has 1 aliphatic heterocycles. The highest BCUT2D eigenvalue weighted by Crippen LogP contribution is 2.32. The average Bonchev–Trinajstić information content (AvgIpc) is 3.40. The minimum Gasteiger partial charge on any atom is -0.493 e. The maximum absolute atomic E-state index is 12.5. The van der Waals surface area contributed by atoms with Crippen molar-refractivity contribution in [2.45, 2.75) is 25.2 Å². The molecule has 0 spiro atoms. The standard InChI is InChI=1S/C22H20F3N3O5/c1-30-17-8-3-13(9-18(17)31-2)11-28-12-15(10-19(28)29)21-26-20(27-33-21)14-4-6-16(7-5-14)32-22(23,24)25/h3-9,15H,10-12H2,1-2H3. The van der Waals surface area contributed by atoms with Gasteiger partial charge in [-0.3, -0.25) is 4.79 Å². The van der Waals surface area contributed by atoms with Crippen LogP contribution in [0.3, 0.4) is 0 Å². The van der Waals surface area contributed by atoms with E-state index >= 15 is 0 Å². The molecule has 1 aliphatic rings. The molecule has 174 valence electrons. The van der Waals surface area contributed by atoms with Crippen LogP contribution in [0.4, 0.5) is 13.2 Å². The number of ether oxygens (including phenoxy) is 3. The summed E-state index contributed by atoms with van der Waals surface area (Å²) in [5.41, 5.74) is 1.35. The third-order valence-electron chi connectivity index (χ3n) is 5.17. The SMILES string of the molecule is COc1ccc(CN2CC(c3nc(-c4ccc(OC(F)(F)F)cc4)no3)CC2=O)cc1OC. The van der Waals surface area contributed by atoms with Crippen LogP contribution >= 0.6 is 0 Å². The first-order chi connectivity index (χ1) is 15.8. The van der Waals surface area contributed by atoms with E-state index in [1.165, 1.54) is 24.3 Å². The molecule has 8 nitrogen and oxygen atoms in total. The Morgan fingerprint density at radius 3 is 2.48 bits per heavy atom. The highest BCUT2D eigenvalue weighted by atomic mass is 19.4. The van der Waals surface area contributed by atoms with Crippen LogP contribution in [0.2, 0.25) is 0 Å². The Balaban J connectivity index is 1.43. The minimum atomic E-state index is -4.77. The number of aromatic nitrogens is 2. The van der Waals surface area contributed by atoms with Gasteiger partial charge in [0.15, 0.2) is 11.5 Å². The lowest BCUT2D eigenvalue weighted by Gasteiger charge is -2.17. The summed E-state index contributed by atoms with van der Waals surface area (Å²) in [6.07, 6.45) is -4.55. The van der Waals surface area contributed by atoms with Crippen LogP contribution < -0.4 is 14.2 Å². The molecule has 1 aromatic heterocycles. The fourth-order valence-electron chi connectivity index (χ4n) is 3.61. The number of hydrogen-bond acceptors (Lipinski definition) is 7. The first-order valence-electron chi connectivity index (χ1n) is 9.94. The van der Waals surface area contributed by atoms with E-state index in [4.69, 9.17) is 14.0 Å². The number of hydrogen-bond donors (Lipinski definition) is 0. The lowest BCUT2D eigenvalue weighted by atomic mass is 10.1. The number of carbonyl (C=O) groups is 1. The number of carbonyl (C=O) groups excluding carboxylic acids is 1. The Morgan fingerprint density at radius 1 is 1.09 bits per heavy atom. The number of nitrogens with zero attached hydrogens (tertiary/aromatic N) is 3. The van der Waals surface area contributed by atoms with E-state index in [0.29, 0.717) is 36.0 Å². The van der Waals surface area contributed by atoms with E-state index in [-0.39, 0.29) is 29.8 Å². The topological polar surface area (TPSA) is 86.9 Å². The van der Waals surface area contributed by atoms with Gasteiger partial charge < -0.3 is 23.6 Å². The first-order valence-corrected chi connectivity index (χ1v) is 9.94. The zero-order chi connectivity index (χ0) is 23.6. The molecule has 2 aromatic carbocycles. The molecule has 4 rings (SSSR count). The van der Waals surface area contributed by atoms with Crippen molar-refractivity contribution in [2.75, 3.05) is 20.8 Å². The third kappa shape index (κ3) is 5.18. The van der Waals surface area contributed by atoms with Crippen molar-refractivity contribution in [1.82, 2.24) is 15.0 Å². The molecule has 0 N–H and O–H groups in total. The summed E-state index contributed by atoms with van der Waals surface area (Å²) >= 11 is 0. The predicted molar refractivity (Wildman–Crippen MR) is 109 cm³/mol. The summed E-state index contributed by atoms with van der Waals surface area (Å²) in [6.45, 7) is 0.782. The fraction of sp³-hybridized carbons (Fsp3) is 0.318. The number of halogens is 3. The van der Waals surface area contributed by atoms with E-state index in [1.807, 2.05) is 12.1 Å². The van der Waals surface area contributed by atoms with Gasteiger partial charge >= 0.3 is 6.36 Å². The molecule has 0 bridgehead atoms. The van der Waals surface area contributed by atoms with Crippen molar-refractivity contribution in [2.24, 2.45) is 0 Å². The molecule has 1 saturated heterocycles. The first kappa shape index (κ1) is 22.4. The van der Waals surface area contributed by atoms with Gasteiger partial charge in [0.25, 0.3) is 0 Å². The van der Waals surface area contributed by atoms with Crippen LogP contribution in [0.25, 0.3) is 11.4 Å². The number of methoxy groups -OCH3 is 2. The Morgan fingerprint density at radius 2 is 1.82 bits per heavy atom. The molecule has 1 amide bonds. The minimum absolute atomic E-state index is 0.0526. The third-order valence-corrected chi connectivity index (χ3v) is 5.17. The van der Waals surface area contributed by atoms with Crippen LogP contribution in [-0.4, -0.2) is 48.1 Å². The van der Waals surface area contributed by atoms with Crippen LogP contribution in [-0.2, 0) is 11.3 Å². The summed E-state index contributed by atoms with van der Waals surface area (Å²) in [6, 6.07) is 10.6. The summed E-state index contributed by atoms with van der Waals surface area (Å²) < 4.78 is 56.7. The molecule has 11 heteroatoms. The zero-order valence-corrected chi connectivity index (χ0v) is 17.8. The lowest BCUT2D eigenvalue weighted by molar-refractivity contribution is -0.274. The lowest BCUT2D eigenvalue weighted by Crippen LogP contribution is -2.24. The van der Waals surface area contributed by atoms with Gasteiger partial charge in [0.2, 0.25) is 17.6 Å².